The van der Waals surface area contributed by atoms with Gasteiger partial charge in [-0.05, 0) is 44.0 Å². The maximum atomic E-state index is 13.1. The predicted molar refractivity (Wildman–Crippen MR) is 112 cm³/mol. The maximum Gasteiger partial charge on any atom is 0.259 e. The first-order chi connectivity index (χ1) is 15.0. The Morgan fingerprint density at radius 1 is 1.19 bits per heavy atom. The number of carbonyl (C=O) groups is 2. The third-order valence-electron chi connectivity index (χ3n) is 5.68. The number of rotatable bonds is 5. The average Bonchev–Trinajstić information content (AvgIpc) is 3.26. The van der Waals surface area contributed by atoms with Gasteiger partial charge in [0.05, 0.1) is 37.1 Å². The molecule has 1 unspecified atom stereocenters. The van der Waals surface area contributed by atoms with Crippen LogP contribution in [-0.2, 0) is 9.53 Å². The maximum absolute atomic E-state index is 13.1. The van der Waals surface area contributed by atoms with Crippen molar-refractivity contribution in [3.63, 3.8) is 0 Å². The highest BCUT2D eigenvalue weighted by molar-refractivity contribution is 6.04. The lowest BCUT2D eigenvalue weighted by Crippen LogP contribution is -2.44. The fourth-order valence-electron chi connectivity index (χ4n) is 3.98. The molecule has 0 saturated carbocycles. The smallest absolute Gasteiger partial charge is 0.259 e. The second kappa shape index (κ2) is 9.49. The molecule has 2 aliphatic rings. The largest absolute Gasteiger partial charge is 0.379 e. The molecule has 2 aromatic rings. The van der Waals surface area contributed by atoms with E-state index in [1.54, 1.807) is 6.92 Å². The van der Waals surface area contributed by atoms with E-state index in [1.807, 2.05) is 4.90 Å². The zero-order valence-electron chi connectivity index (χ0n) is 17.5. The molecule has 0 aliphatic carbocycles. The lowest BCUT2D eigenvalue weighted by molar-refractivity contribution is -0.134. The topological polar surface area (TPSA) is 87.7 Å². The van der Waals surface area contributed by atoms with Gasteiger partial charge in [0.15, 0.2) is 5.82 Å². The number of likely N-dealkylation sites (tertiary alicyclic amines) is 1. The Kier molecular flexibility index (Phi) is 6.53. The Balaban J connectivity index is 1.44. The van der Waals surface area contributed by atoms with Crippen molar-refractivity contribution in [1.29, 1.82) is 0 Å². The van der Waals surface area contributed by atoms with Gasteiger partial charge in [0.25, 0.3) is 5.91 Å². The summed E-state index contributed by atoms with van der Waals surface area (Å²) in [6.07, 6.45) is 3.20. The van der Waals surface area contributed by atoms with Crippen molar-refractivity contribution in [2.75, 3.05) is 44.7 Å². The molecule has 1 atom stereocenters. The van der Waals surface area contributed by atoms with Crippen molar-refractivity contribution in [1.82, 2.24) is 19.8 Å². The van der Waals surface area contributed by atoms with E-state index >= 15 is 0 Å². The summed E-state index contributed by atoms with van der Waals surface area (Å²) in [5, 5.41) is 2.72. The predicted octanol–water partition coefficient (Wildman–Crippen LogP) is 2.17. The number of anilines is 1. The highest BCUT2D eigenvalue weighted by atomic mass is 19.1. The Bertz CT molecular complexity index is 947. The minimum Gasteiger partial charge on any atom is -0.379 e. The summed E-state index contributed by atoms with van der Waals surface area (Å²) in [6, 6.07) is 5.37. The number of nitrogens with zero attached hydrogens (tertiary/aromatic N) is 4. The Morgan fingerprint density at radius 2 is 1.94 bits per heavy atom. The molecule has 2 amide bonds. The van der Waals surface area contributed by atoms with Crippen molar-refractivity contribution < 1.29 is 18.7 Å². The number of aryl methyl sites for hydroxylation is 1. The number of ether oxygens (including phenoxy) is 1. The fraction of sp³-hybridized carbons (Fsp3) is 0.455. The van der Waals surface area contributed by atoms with Crippen LogP contribution in [0.5, 0.6) is 0 Å². The third kappa shape index (κ3) is 5.05. The van der Waals surface area contributed by atoms with E-state index in [2.05, 4.69) is 20.2 Å². The van der Waals surface area contributed by atoms with Gasteiger partial charge >= 0.3 is 0 Å². The second-order valence-corrected chi connectivity index (χ2v) is 7.82. The molecule has 0 bridgehead atoms. The van der Waals surface area contributed by atoms with Gasteiger partial charge in [-0.25, -0.2) is 14.4 Å². The molecule has 0 radical (unpaired) electrons. The van der Waals surface area contributed by atoms with Gasteiger partial charge in [-0.15, -0.1) is 0 Å². The molecule has 8 nitrogen and oxygen atoms in total. The average molecular weight is 427 g/mol. The lowest BCUT2D eigenvalue weighted by atomic mass is 10.1. The summed E-state index contributed by atoms with van der Waals surface area (Å²) in [5.41, 5.74) is 1.37. The van der Waals surface area contributed by atoms with Crippen LogP contribution in [0.3, 0.4) is 0 Å². The molecule has 9 heteroatoms. The van der Waals surface area contributed by atoms with E-state index in [4.69, 9.17) is 4.74 Å². The van der Waals surface area contributed by atoms with Gasteiger partial charge in [0, 0.05) is 31.5 Å². The monoisotopic (exact) mass is 427 g/mol. The molecule has 1 aromatic heterocycles. The number of hydrogen-bond acceptors (Lipinski definition) is 6. The first kappa shape index (κ1) is 21.3. The number of benzene rings is 1. The van der Waals surface area contributed by atoms with Gasteiger partial charge in [-0.1, -0.05) is 0 Å². The highest BCUT2D eigenvalue weighted by Gasteiger charge is 2.33. The molecule has 2 fully saturated rings. The first-order valence-corrected chi connectivity index (χ1v) is 10.5. The summed E-state index contributed by atoms with van der Waals surface area (Å²) in [4.78, 5) is 38.4. The van der Waals surface area contributed by atoms with Crippen molar-refractivity contribution in [2.24, 2.45) is 0 Å². The number of hydrogen-bond donors (Lipinski definition) is 1. The zero-order valence-corrected chi connectivity index (χ0v) is 17.5. The van der Waals surface area contributed by atoms with Gasteiger partial charge < -0.3 is 15.0 Å². The first-order valence-electron chi connectivity index (χ1n) is 10.5. The normalized spacial score (nSPS) is 19.4. The molecule has 3 heterocycles. The van der Waals surface area contributed by atoms with Crippen LogP contribution in [-0.4, -0.2) is 71.0 Å². The molecular weight excluding hydrogens is 401 g/mol. The Hall–Kier alpha value is -2.91. The van der Waals surface area contributed by atoms with Crippen LogP contribution in [0.4, 0.5) is 10.1 Å². The Morgan fingerprint density at radius 3 is 2.65 bits per heavy atom. The van der Waals surface area contributed by atoms with Gasteiger partial charge in [-0.3, -0.25) is 14.5 Å². The quantitative estimate of drug-likeness (QED) is 0.787. The summed E-state index contributed by atoms with van der Waals surface area (Å²) in [6.45, 7) is 5.63. The van der Waals surface area contributed by atoms with Crippen molar-refractivity contribution in [2.45, 2.75) is 25.8 Å². The Labute approximate surface area is 180 Å². The fourth-order valence-corrected chi connectivity index (χ4v) is 3.98. The second-order valence-electron chi connectivity index (χ2n) is 7.82. The zero-order chi connectivity index (χ0) is 21.8. The number of amides is 2. The molecule has 2 saturated heterocycles. The number of morpholine rings is 1. The van der Waals surface area contributed by atoms with Crippen LogP contribution < -0.4 is 5.32 Å². The van der Waals surface area contributed by atoms with Crippen molar-refractivity contribution in [3.05, 3.63) is 53.4 Å². The number of aromatic nitrogens is 2. The van der Waals surface area contributed by atoms with Gasteiger partial charge in [0.2, 0.25) is 5.91 Å². The minimum atomic E-state index is -0.369. The van der Waals surface area contributed by atoms with E-state index in [0.29, 0.717) is 49.1 Å². The standard InChI is InChI=1S/C22H26FN5O3/c1-15-18(22(30)26-17-6-4-16(23)5-7-17)13-24-21(25-15)19-3-2-8-28(19)20(29)14-27-9-11-31-12-10-27/h4-7,13,19H,2-3,8-12,14H2,1H3,(H,26,30). The number of carbonyl (C=O) groups excluding carboxylic acids is 2. The molecule has 2 aliphatic heterocycles. The molecular formula is C22H26FN5O3. The van der Waals surface area contributed by atoms with E-state index in [1.165, 1.54) is 30.5 Å². The van der Waals surface area contributed by atoms with Crippen LogP contribution >= 0.6 is 0 Å². The van der Waals surface area contributed by atoms with Gasteiger partial charge in [0.1, 0.15) is 5.82 Å². The van der Waals surface area contributed by atoms with E-state index in [0.717, 1.165) is 25.9 Å². The van der Waals surface area contributed by atoms with Crippen molar-refractivity contribution in [3.8, 4) is 0 Å². The van der Waals surface area contributed by atoms with Crippen LogP contribution in [0.2, 0.25) is 0 Å². The molecule has 31 heavy (non-hydrogen) atoms. The van der Waals surface area contributed by atoms with Crippen LogP contribution in [0.15, 0.2) is 30.5 Å². The van der Waals surface area contributed by atoms with E-state index < -0.39 is 0 Å². The molecule has 1 aromatic carbocycles. The highest BCUT2D eigenvalue weighted by Crippen LogP contribution is 2.30. The summed E-state index contributed by atoms with van der Waals surface area (Å²) in [5.74, 6) is -0.0964. The van der Waals surface area contributed by atoms with Crippen LogP contribution in [0.1, 0.15) is 40.8 Å². The lowest BCUT2D eigenvalue weighted by Gasteiger charge is -2.30. The number of nitrogens with one attached hydrogen (secondary N) is 1. The minimum absolute atomic E-state index is 0.0729. The molecule has 1 N–H and O–H groups in total. The SMILES string of the molecule is Cc1nc(C2CCCN2C(=O)CN2CCOCC2)ncc1C(=O)Nc1ccc(F)cc1. The number of halogens is 1. The van der Waals surface area contributed by atoms with Crippen LogP contribution in [0.25, 0.3) is 0 Å². The third-order valence-corrected chi connectivity index (χ3v) is 5.68. The van der Waals surface area contributed by atoms with E-state index in [9.17, 15) is 14.0 Å². The summed E-state index contributed by atoms with van der Waals surface area (Å²) >= 11 is 0. The molecule has 4 rings (SSSR count). The summed E-state index contributed by atoms with van der Waals surface area (Å²) in [7, 11) is 0. The van der Waals surface area contributed by atoms with Crippen molar-refractivity contribution >= 4 is 17.5 Å². The molecule has 0 spiro atoms. The van der Waals surface area contributed by atoms with Crippen LogP contribution in [0, 0.1) is 12.7 Å². The molecule has 164 valence electrons. The summed E-state index contributed by atoms with van der Waals surface area (Å²) < 4.78 is 18.4. The van der Waals surface area contributed by atoms with Gasteiger partial charge in [-0.2, -0.15) is 0 Å². The van der Waals surface area contributed by atoms with E-state index in [-0.39, 0.29) is 23.7 Å².